The largest absolute Gasteiger partial charge is 0.466 e. The SMILES string of the molecule is CCOC(=O)C1CCCN(C(=O)c2coc(CN(Cc3ccc(F)cc3)Cc3ccc(C)cc3C)n2)C1. The summed E-state index contributed by atoms with van der Waals surface area (Å²) in [7, 11) is 0. The predicted molar refractivity (Wildman–Crippen MR) is 137 cm³/mol. The Labute approximate surface area is 217 Å². The minimum absolute atomic E-state index is 0.229. The Morgan fingerprint density at radius 1 is 1.14 bits per heavy atom. The normalized spacial score (nSPS) is 15.7. The molecule has 2 aromatic carbocycles. The maximum Gasteiger partial charge on any atom is 0.310 e. The molecular formula is C29H34FN3O4. The Bertz CT molecular complexity index is 1220. The molecule has 1 atom stereocenters. The van der Waals surface area contributed by atoms with E-state index in [1.54, 1.807) is 24.0 Å². The smallest absolute Gasteiger partial charge is 0.310 e. The molecule has 4 rings (SSSR count). The highest BCUT2D eigenvalue weighted by atomic mass is 19.1. The van der Waals surface area contributed by atoms with Gasteiger partial charge in [0.2, 0.25) is 5.89 Å². The van der Waals surface area contributed by atoms with Gasteiger partial charge in [-0.15, -0.1) is 0 Å². The third-order valence-corrected chi connectivity index (χ3v) is 6.67. The number of aryl methyl sites for hydroxylation is 2. The van der Waals surface area contributed by atoms with E-state index in [9.17, 15) is 14.0 Å². The van der Waals surface area contributed by atoms with Crippen LogP contribution in [0.1, 0.15) is 58.4 Å². The zero-order valence-corrected chi connectivity index (χ0v) is 21.7. The molecule has 1 aliphatic heterocycles. The van der Waals surface area contributed by atoms with Gasteiger partial charge in [0.05, 0.1) is 19.1 Å². The van der Waals surface area contributed by atoms with Crippen LogP contribution in [0, 0.1) is 25.6 Å². The highest BCUT2D eigenvalue weighted by molar-refractivity contribution is 5.92. The summed E-state index contributed by atoms with van der Waals surface area (Å²) < 4.78 is 24.3. The first-order chi connectivity index (χ1) is 17.8. The third-order valence-electron chi connectivity index (χ3n) is 6.67. The first kappa shape index (κ1) is 26.5. The Balaban J connectivity index is 1.47. The lowest BCUT2D eigenvalue weighted by Crippen LogP contribution is -2.43. The zero-order chi connectivity index (χ0) is 26.4. The lowest BCUT2D eigenvalue weighted by atomic mass is 9.98. The number of esters is 1. The monoisotopic (exact) mass is 507 g/mol. The molecule has 0 radical (unpaired) electrons. The standard InChI is InChI=1S/C29H34FN3O4/c1-4-36-29(35)24-6-5-13-33(17-24)28(34)26-19-37-27(31-26)18-32(15-22-8-11-25(30)12-9-22)16-23-10-7-20(2)14-21(23)3/h7-12,14,19,24H,4-6,13,15-18H2,1-3H3. The van der Waals surface area contributed by atoms with E-state index in [0.29, 0.717) is 51.6 Å². The van der Waals surface area contributed by atoms with Gasteiger partial charge in [0.25, 0.3) is 5.91 Å². The zero-order valence-electron chi connectivity index (χ0n) is 21.7. The molecule has 3 aromatic rings. The van der Waals surface area contributed by atoms with Crippen LogP contribution in [-0.2, 0) is 29.2 Å². The van der Waals surface area contributed by atoms with Crippen LogP contribution in [0.25, 0.3) is 0 Å². The van der Waals surface area contributed by atoms with Gasteiger partial charge in [0.1, 0.15) is 12.1 Å². The average molecular weight is 508 g/mol. The van der Waals surface area contributed by atoms with E-state index < -0.39 is 0 Å². The molecule has 1 saturated heterocycles. The number of rotatable bonds is 9. The van der Waals surface area contributed by atoms with E-state index in [-0.39, 0.29) is 29.3 Å². The van der Waals surface area contributed by atoms with Crippen molar-refractivity contribution in [2.45, 2.75) is 53.2 Å². The minimum atomic E-state index is -0.312. The summed E-state index contributed by atoms with van der Waals surface area (Å²) in [4.78, 5) is 33.6. The molecule has 1 unspecified atom stereocenters. The van der Waals surface area contributed by atoms with Crippen LogP contribution in [0.5, 0.6) is 0 Å². The molecule has 1 fully saturated rings. The Kier molecular flexibility index (Phi) is 8.71. The lowest BCUT2D eigenvalue weighted by Gasteiger charge is -2.30. The third kappa shape index (κ3) is 7.04. The molecule has 7 nitrogen and oxygen atoms in total. The van der Waals surface area contributed by atoms with Crippen LogP contribution in [-0.4, -0.2) is 46.4 Å². The fourth-order valence-electron chi connectivity index (χ4n) is 4.73. The first-order valence-electron chi connectivity index (χ1n) is 12.8. The number of likely N-dealkylation sites (tertiary alicyclic amines) is 1. The number of hydrogen-bond acceptors (Lipinski definition) is 6. The predicted octanol–water partition coefficient (Wildman–Crippen LogP) is 5.05. The number of carbonyl (C=O) groups is 2. The summed E-state index contributed by atoms with van der Waals surface area (Å²) in [6.07, 6.45) is 2.84. The summed E-state index contributed by atoms with van der Waals surface area (Å²) in [5.41, 5.74) is 4.76. The van der Waals surface area contributed by atoms with Crippen molar-refractivity contribution in [1.29, 1.82) is 0 Å². The van der Waals surface area contributed by atoms with E-state index in [0.717, 1.165) is 12.0 Å². The van der Waals surface area contributed by atoms with Crippen molar-refractivity contribution in [3.05, 3.63) is 88.4 Å². The molecule has 0 aliphatic carbocycles. The second-order valence-electron chi connectivity index (χ2n) is 9.67. The maximum atomic E-state index is 13.4. The van der Waals surface area contributed by atoms with Crippen molar-refractivity contribution in [2.75, 3.05) is 19.7 Å². The van der Waals surface area contributed by atoms with Gasteiger partial charge in [-0.05, 0) is 62.4 Å². The Morgan fingerprint density at radius 3 is 2.65 bits per heavy atom. The van der Waals surface area contributed by atoms with Gasteiger partial charge < -0.3 is 14.1 Å². The molecule has 8 heteroatoms. The van der Waals surface area contributed by atoms with Crippen LogP contribution in [0.2, 0.25) is 0 Å². The number of hydrogen-bond donors (Lipinski definition) is 0. The van der Waals surface area contributed by atoms with E-state index in [1.807, 2.05) is 0 Å². The summed E-state index contributed by atoms with van der Waals surface area (Å²) >= 11 is 0. The van der Waals surface area contributed by atoms with E-state index in [4.69, 9.17) is 9.15 Å². The van der Waals surface area contributed by atoms with Gasteiger partial charge in [-0.3, -0.25) is 14.5 Å². The van der Waals surface area contributed by atoms with Gasteiger partial charge in [-0.2, -0.15) is 0 Å². The first-order valence-corrected chi connectivity index (χ1v) is 12.8. The molecule has 0 spiro atoms. The van der Waals surface area contributed by atoms with Crippen molar-refractivity contribution in [3.8, 4) is 0 Å². The van der Waals surface area contributed by atoms with Crippen molar-refractivity contribution in [3.63, 3.8) is 0 Å². The molecule has 0 N–H and O–H groups in total. The van der Waals surface area contributed by atoms with Crippen LogP contribution >= 0.6 is 0 Å². The van der Waals surface area contributed by atoms with Crippen LogP contribution in [0.4, 0.5) is 4.39 Å². The average Bonchev–Trinajstić information content (AvgIpc) is 3.35. The number of carbonyl (C=O) groups excluding carboxylic acids is 2. The number of piperidine rings is 1. The van der Waals surface area contributed by atoms with E-state index in [1.165, 1.54) is 35.1 Å². The van der Waals surface area contributed by atoms with Crippen LogP contribution in [0.15, 0.2) is 53.1 Å². The highest BCUT2D eigenvalue weighted by Gasteiger charge is 2.31. The van der Waals surface area contributed by atoms with Gasteiger partial charge in [0, 0.05) is 26.2 Å². The van der Waals surface area contributed by atoms with Gasteiger partial charge >= 0.3 is 5.97 Å². The number of benzene rings is 2. The second-order valence-corrected chi connectivity index (χ2v) is 9.67. The highest BCUT2D eigenvalue weighted by Crippen LogP contribution is 2.21. The topological polar surface area (TPSA) is 75.9 Å². The molecule has 1 amide bonds. The molecular weight excluding hydrogens is 473 g/mol. The molecule has 37 heavy (non-hydrogen) atoms. The molecule has 0 saturated carbocycles. The number of ether oxygens (including phenoxy) is 1. The van der Waals surface area contributed by atoms with E-state index >= 15 is 0 Å². The van der Waals surface area contributed by atoms with Crippen LogP contribution in [0.3, 0.4) is 0 Å². The maximum absolute atomic E-state index is 13.4. The number of aromatic nitrogens is 1. The summed E-state index contributed by atoms with van der Waals surface area (Å²) in [5, 5.41) is 0. The molecule has 1 aliphatic rings. The molecule has 196 valence electrons. The van der Waals surface area contributed by atoms with Gasteiger partial charge in [-0.25, -0.2) is 9.37 Å². The quantitative estimate of drug-likeness (QED) is 0.378. The van der Waals surface area contributed by atoms with Crippen LogP contribution < -0.4 is 0 Å². The fourth-order valence-corrected chi connectivity index (χ4v) is 4.73. The number of halogens is 1. The Hall–Kier alpha value is -3.52. The fraction of sp³-hybridized carbons (Fsp3) is 0.414. The molecule has 0 bridgehead atoms. The van der Waals surface area contributed by atoms with Crippen molar-refractivity contribution >= 4 is 11.9 Å². The number of amides is 1. The number of oxazole rings is 1. The lowest BCUT2D eigenvalue weighted by molar-refractivity contribution is -0.149. The summed E-state index contributed by atoms with van der Waals surface area (Å²) in [6.45, 7) is 8.73. The van der Waals surface area contributed by atoms with Crippen molar-refractivity contribution in [2.24, 2.45) is 5.92 Å². The summed E-state index contributed by atoms with van der Waals surface area (Å²) in [5.74, 6) is -0.669. The molecule has 2 heterocycles. The molecule has 1 aromatic heterocycles. The van der Waals surface area contributed by atoms with Crippen molar-refractivity contribution in [1.82, 2.24) is 14.8 Å². The van der Waals surface area contributed by atoms with E-state index in [2.05, 4.69) is 41.9 Å². The summed E-state index contributed by atoms with van der Waals surface area (Å²) in [6, 6.07) is 12.8. The van der Waals surface area contributed by atoms with Gasteiger partial charge in [-0.1, -0.05) is 35.9 Å². The van der Waals surface area contributed by atoms with Crippen molar-refractivity contribution < 1.29 is 23.1 Å². The number of nitrogens with zero attached hydrogens (tertiary/aromatic N) is 3. The second kappa shape index (κ2) is 12.1. The Morgan fingerprint density at radius 2 is 1.92 bits per heavy atom. The minimum Gasteiger partial charge on any atom is -0.466 e. The van der Waals surface area contributed by atoms with Gasteiger partial charge in [0.15, 0.2) is 5.69 Å².